The van der Waals surface area contributed by atoms with Crippen LogP contribution in [0.15, 0.2) is 64.1 Å². The summed E-state index contributed by atoms with van der Waals surface area (Å²) in [6.07, 6.45) is 6.22. The number of anilines is 1. The van der Waals surface area contributed by atoms with E-state index >= 15 is 0 Å². The fourth-order valence-electron chi connectivity index (χ4n) is 4.70. The number of hydrogen-bond acceptors (Lipinski definition) is 6. The lowest BCUT2D eigenvalue weighted by Gasteiger charge is -2.22. The summed E-state index contributed by atoms with van der Waals surface area (Å²) in [5.41, 5.74) is 9.08. The van der Waals surface area contributed by atoms with Gasteiger partial charge in [0.2, 0.25) is 0 Å². The number of fused-ring (bicyclic) bond motifs is 1. The highest BCUT2D eigenvalue weighted by atomic mass is 32.2. The lowest BCUT2D eigenvalue weighted by molar-refractivity contribution is -0.384. The van der Waals surface area contributed by atoms with Crippen molar-refractivity contribution in [3.05, 3.63) is 69.9 Å². The van der Waals surface area contributed by atoms with Gasteiger partial charge in [-0.1, -0.05) is 6.07 Å². The Morgan fingerprint density at radius 1 is 1.22 bits per heavy atom. The largest absolute Gasteiger partial charge is 0.490 e. The van der Waals surface area contributed by atoms with Gasteiger partial charge in [0.25, 0.3) is 5.69 Å². The molecule has 3 N–H and O–H groups in total. The first-order valence-electron chi connectivity index (χ1n) is 12.3. The Morgan fingerprint density at radius 3 is 2.67 bits per heavy atom. The highest BCUT2D eigenvalue weighted by Gasteiger charge is 2.28. The maximum atomic E-state index is 12.5. The van der Waals surface area contributed by atoms with Crippen molar-refractivity contribution in [2.24, 2.45) is 16.6 Å². The van der Waals surface area contributed by atoms with Gasteiger partial charge in [-0.25, -0.2) is 0 Å². The van der Waals surface area contributed by atoms with Crippen molar-refractivity contribution in [3.63, 3.8) is 0 Å². The summed E-state index contributed by atoms with van der Waals surface area (Å²) in [7, 11) is -0.964. The Balaban J connectivity index is 1.48. The third kappa shape index (κ3) is 6.51. The molecule has 2 aromatic rings. The number of amidine groups is 1. The van der Waals surface area contributed by atoms with Gasteiger partial charge < -0.3 is 15.8 Å². The summed E-state index contributed by atoms with van der Waals surface area (Å²) < 4.78 is 18.6. The van der Waals surface area contributed by atoms with Gasteiger partial charge in [-0.05, 0) is 88.8 Å². The van der Waals surface area contributed by atoms with Crippen molar-refractivity contribution in [1.82, 2.24) is 0 Å². The molecule has 0 spiro atoms. The van der Waals surface area contributed by atoms with E-state index in [1.54, 1.807) is 12.1 Å². The third-order valence-corrected chi connectivity index (χ3v) is 7.90. The van der Waals surface area contributed by atoms with E-state index in [1.165, 1.54) is 12.1 Å². The van der Waals surface area contributed by atoms with Crippen LogP contribution in [-0.4, -0.2) is 32.4 Å². The standard InChI is InChI=1S/C27H34N4O4S/c1-27(2,3)30-26(29-24-7-4-8-25-22(24)6-5-15-36(25)34)17-23(28)18-9-12-21(16-18)35-20-13-10-19(11-14-20)31(32)33/h4,7-8,10-11,13-14,17-18,21H,5-6,9,12,15-16,28H2,1-3H3,(H,29,30)/b23-17-. The van der Waals surface area contributed by atoms with Crippen LogP contribution in [0.3, 0.4) is 0 Å². The molecule has 0 amide bonds. The van der Waals surface area contributed by atoms with Gasteiger partial charge in [0.15, 0.2) is 0 Å². The van der Waals surface area contributed by atoms with Crippen molar-refractivity contribution in [3.8, 4) is 5.75 Å². The van der Waals surface area contributed by atoms with Gasteiger partial charge in [0, 0.05) is 40.1 Å². The normalized spacial score (nSPS) is 22.7. The molecule has 1 aliphatic carbocycles. The third-order valence-electron chi connectivity index (χ3n) is 6.36. The Bertz CT molecular complexity index is 1200. The van der Waals surface area contributed by atoms with Crippen LogP contribution in [0.4, 0.5) is 11.4 Å². The van der Waals surface area contributed by atoms with Crippen molar-refractivity contribution in [1.29, 1.82) is 0 Å². The van der Waals surface area contributed by atoms with Crippen molar-refractivity contribution in [2.75, 3.05) is 11.1 Å². The molecule has 1 heterocycles. The highest BCUT2D eigenvalue weighted by Crippen LogP contribution is 2.33. The summed E-state index contributed by atoms with van der Waals surface area (Å²) in [5.74, 6) is 2.16. The molecule has 36 heavy (non-hydrogen) atoms. The molecule has 3 atom stereocenters. The number of rotatable bonds is 6. The van der Waals surface area contributed by atoms with Gasteiger partial charge >= 0.3 is 0 Å². The second-order valence-electron chi connectivity index (χ2n) is 10.4. The molecular formula is C27H34N4O4S. The van der Waals surface area contributed by atoms with E-state index in [-0.39, 0.29) is 23.2 Å². The Morgan fingerprint density at radius 2 is 1.97 bits per heavy atom. The summed E-state index contributed by atoms with van der Waals surface area (Å²) in [6.45, 7) is 6.12. The average molecular weight is 511 g/mol. The molecule has 9 heteroatoms. The maximum Gasteiger partial charge on any atom is 0.269 e. The molecule has 0 aromatic heterocycles. The minimum Gasteiger partial charge on any atom is -0.490 e. The quantitative estimate of drug-likeness (QED) is 0.234. The number of ether oxygens (including phenoxy) is 1. The molecule has 8 nitrogen and oxygen atoms in total. The number of hydrogen-bond donors (Lipinski definition) is 2. The van der Waals surface area contributed by atoms with E-state index < -0.39 is 15.7 Å². The Kier molecular flexibility index (Phi) is 7.78. The summed E-state index contributed by atoms with van der Waals surface area (Å²) in [5, 5.41) is 14.3. The fourth-order valence-corrected chi connectivity index (χ4v) is 6.05. The first-order valence-corrected chi connectivity index (χ1v) is 13.7. The number of allylic oxidation sites excluding steroid dienone is 1. The minimum absolute atomic E-state index is 0.00417. The molecule has 192 valence electrons. The van der Waals surface area contributed by atoms with Gasteiger partial charge in [-0.2, -0.15) is 0 Å². The van der Waals surface area contributed by atoms with E-state index in [1.807, 2.05) is 45.0 Å². The van der Waals surface area contributed by atoms with Crippen LogP contribution in [-0.2, 0) is 17.2 Å². The van der Waals surface area contributed by atoms with Gasteiger partial charge in [-0.3, -0.25) is 19.3 Å². The smallest absolute Gasteiger partial charge is 0.269 e. The number of nitrogens with one attached hydrogen (secondary N) is 1. The molecule has 1 saturated carbocycles. The minimum atomic E-state index is -0.964. The van der Waals surface area contributed by atoms with Crippen LogP contribution in [0.5, 0.6) is 5.75 Å². The van der Waals surface area contributed by atoms with E-state index in [0.717, 1.165) is 53.9 Å². The lowest BCUT2D eigenvalue weighted by atomic mass is 10.0. The number of non-ortho nitro benzene ring substituents is 1. The second-order valence-corrected chi connectivity index (χ2v) is 11.9. The molecule has 0 saturated heterocycles. The van der Waals surface area contributed by atoms with Crippen LogP contribution in [0.25, 0.3) is 0 Å². The fraction of sp³-hybridized carbons (Fsp3) is 0.444. The molecule has 0 bridgehead atoms. The van der Waals surface area contributed by atoms with E-state index in [4.69, 9.17) is 15.5 Å². The number of benzene rings is 2. The monoisotopic (exact) mass is 510 g/mol. The van der Waals surface area contributed by atoms with Gasteiger partial charge in [0.05, 0.1) is 27.4 Å². The molecule has 1 aliphatic heterocycles. The predicted molar refractivity (Wildman–Crippen MR) is 144 cm³/mol. The molecule has 4 rings (SSSR count). The molecule has 3 unspecified atom stereocenters. The Hall–Kier alpha value is -3.20. The SMILES string of the molecule is CC(C)(C)N=C(/C=C(\N)C1CCC(Oc2ccc([N+](=O)[O-])cc2)C1)Nc1cccc2c1CCCS2=O. The van der Waals surface area contributed by atoms with Crippen LogP contribution in [0, 0.1) is 16.0 Å². The summed E-state index contributed by atoms with van der Waals surface area (Å²) in [6, 6.07) is 12.1. The Labute approximate surface area is 214 Å². The zero-order valence-electron chi connectivity index (χ0n) is 21.0. The van der Waals surface area contributed by atoms with Crippen molar-refractivity contribution >= 4 is 28.0 Å². The average Bonchev–Trinajstić information content (AvgIpc) is 3.28. The van der Waals surface area contributed by atoms with E-state index in [9.17, 15) is 14.3 Å². The maximum absolute atomic E-state index is 12.5. The molecule has 2 aromatic carbocycles. The lowest BCUT2D eigenvalue weighted by Crippen LogP contribution is -2.23. The number of nitro benzene ring substituents is 1. The molecule has 1 fully saturated rings. The van der Waals surface area contributed by atoms with Crippen LogP contribution in [0.2, 0.25) is 0 Å². The van der Waals surface area contributed by atoms with Crippen LogP contribution in [0.1, 0.15) is 52.0 Å². The summed E-state index contributed by atoms with van der Waals surface area (Å²) >= 11 is 0. The first kappa shape index (κ1) is 25.9. The number of aliphatic imine (C=N–C) groups is 1. The molecule has 2 aliphatic rings. The zero-order valence-corrected chi connectivity index (χ0v) is 21.8. The van der Waals surface area contributed by atoms with E-state index in [2.05, 4.69) is 5.32 Å². The summed E-state index contributed by atoms with van der Waals surface area (Å²) in [4.78, 5) is 16.2. The molecular weight excluding hydrogens is 476 g/mol. The van der Waals surface area contributed by atoms with Crippen LogP contribution >= 0.6 is 0 Å². The zero-order chi connectivity index (χ0) is 25.9. The second kappa shape index (κ2) is 10.8. The number of nitrogens with zero attached hydrogens (tertiary/aromatic N) is 2. The van der Waals surface area contributed by atoms with E-state index in [0.29, 0.717) is 17.3 Å². The highest BCUT2D eigenvalue weighted by molar-refractivity contribution is 7.85. The van der Waals surface area contributed by atoms with Crippen molar-refractivity contribution < 1.29 is 13.9 Å². The first-order chi connectivity index (χ1) is 17.1. The number of nitro groups is 1. The van der Waals surface area contributed by atoms with Crippen LogP contribution < -0.4 is 15.8 Å². The van der Waals surface area contributed by atoms with Gasteiger partial charge in [0.1, 0.15) is 11.6 Å². The predicted octanol–water partition coefficient (Wildman–Crippen LogP) is 5.35. The molecule has 0 radical (unpaired) electrons. The van der Waals surface area contributed by atoms with Crippen molar-refractivity contribution in [2.45, 2.75) is 69.4 Å². The van der Waals surface area contributed by atoms with Gasteiger partial charge in [-0.15, -0.1) is 0 Å². The number of nitrogens with two attached hydrogens (primary N) is 1. The topological polar surface area (TPSA) is 120 Å².